The SMILES string of the molecule is CCn1cnnc1CNS(=O)(=O)Cc1ccc(F)cc1. The predicted molar refractivity (Wildman–Crippen MR) is 71.6 cm³/mol. The molecule has 20 heavy (non-hydrogen) atoms. The quantitative estimate of drug-likeness (QED) is 0.865. The summed E-state index contributed by atoms with van der Waals surface area (Å²) >= 11 is 0. The van der Waals surface area contributed by atoms with Gasteiger partial charge in [0.15, 0.2) is 0 Å². The van der Waals surface area contributed by atoms with Crippen molar-refractivity contribution in [2.45, 2.75) is 25.8 Å². The zero-order chi connectivity index (χ0) is 14.6. The maximum atomic E-state index is 12.8. The van der Waals surface area contributed by atoms with Gasteiger partial charge in [-0.2, -0.15) is 0 Å². The van der Waals surface area contributed by atoms with Crippen LogP contribution in [-0.4, -0.2) is 23.2 Å². The zero-order valence-electron chi connectivity index (χ0n) is 11.0. The topological polar surface area (TPSA) is 76.9 Å². The van der Waals surface area contributed by atoms with Crippen LogP contribution in [0.15, 0.2) is 30.6 Å². The van der Waals surface area contributed by atoms with Crippen LogP contribution in [0.25, 0.3) is 0 Å². The van der Waals surface area contributed by atoms with Gasteiger partial charge < -0.3 is 4.57 Å². The average molecular weight is 298 g/mol. The summed E-state index contributed by atoms with van der Waals surface area (Å²) in [5.41, 5.74) is 0.524. The Hall–Kier alpha value is -1.80. The first-order valence-electron chi connectivity index (χ1n) is 6.08. The van der Waals surface area contributed by atoms with Crippen molar-refractivity contribution >= 4 is 10.0 Å². The van der Waals surface area contributed by atoms with E-state index in [0.717, 1.165) is 0 Å². The second-order valence-electron chi connectivity index (χ2n) is 4.24. The van der Waals surface area contributed by atoms with Crippen LogP contribution in [0.2, 0.25) is 0 Å². The van der Waals surface area contributed by atoms with Gasteiger partial charge in [0.1, 0.15) is 18.0 Å². The fourth-order valence-corrected chi connectivity index (χ4v) is 2.79. The number of benzene rings is 1. The number of sulfonamides is 1. The Labute approximate surface area is 116 Å². The van der Waals surface area contributed by atoms with Crippen molar-refractivity contribution in [2.24, 2.45) is 0 Å². The maximum absolute atomic E-state index is 12.8. The van der Waals surface area contributed by atoms with Gasteiger partial charge in [-0.05, 0) is 24.6 Å². The van der Waals surface area contributed by atoms with Gasteiger partial charge in [0.05, 0.1) is 12.3 Å². The molecule has 1 aromatic carbocycles. The Morgan fingerprint density at radius 2 is 2.00 bits per heavy atom. The van der Waals surface area contributed by atoms with Crippen molar-refractivity contribution in [3.05, 3.63) is 47.8 Å². The molecule has 0 radical (unpaired) electrons. The second-order valence-corrected chi connectivity index (χ2v) is 6.05. The molecular weight excluding hydrogens is 283 g/mol. The minimum absolute atomic E-state index is 0.0807. The third-order valence-electron chi connectivity index (χ3n) is 2.76. The normalized spacial score (nSPS) is 11.7. The second kappa shape index (κ2) is 6.10. The molecule has 0 fully saturated rings. The van der Waals surface area contributed by atoms with Crippen LogP contribution in [-0.2, 0) is 28.9 Å². The lowest BCUT2D eigenvalue weighted by atomic mass is 10.2. The van der Waals surface area contributed by atoms with E-state index in [-0.39, 0.29) is 12.3 Å². The number of hydrogen-bond donors (Lipinski definition) is 1. The van der Waals surface area contributed by atoms with Crippen LogP contribution in [0.4, 0.5) is 4.39 Å². The summed E-state index contributed by atoms with van der Waals surface area (Å²) < 4.78 is 40.8. The fraction of sp³-hybridized carbons (Fsp3) is 0.333. The van der Waals surface area contributed by atoms with E-state index < -0.39 is 15.8 Å². The molecule has 0 aliphatic heterocycles. The Morgan fingerprint density at radius 3 is 2.65 bits per heavy atom. The third kappa shape index (κ3) is 3.84. The molecule has 1 aromatic heterocycles. The van der Waals surface area contributed by atoms with Gasteiger partial charge in [0.25, 0.3) is 0 Å². The van der Waals surface area contributed by atoms with Crippen molar-refractivity contribution in [1.29, 1.82) is 0 Å². The van der Waals surface area contributed by atoms with Gasteiger partial charge in [-0.15, -0.1) is 10.2 Å². The summed E-state index contributed by atoms with van der Waals surface area (Å²) in [5.74, 6) is -0.0431. The van der Waals surface area contributed by atoms with E-state index >= 15 is 0 Å². The van der Waals surface area contributed by atoms with Crippen LogP contribution >= 0.6 is 0 Å². The van der Waals surface area contributed by atoms with E-state index in [1.54, 1.807) is 10.9 Å². The Morgan fingerprint density at radius 1 is 1.30 bits per heavy atom. The Balaban J connectivity index is 1.99. The summed E-state index contributed by atoms with van der Waals surface area (Å²) in [6.45, 7) is 2.67. The van der Waals surface area contributed by atoms with Crippen molar-refractivity contribution in [3.63, 3.8) is 0 Å². The van der Waals surface area contributed by atoms with E-state index in [0.29, 0.717) is 17.9 Å². The lowest BCUT2D eigenvalue weighted by Crippen LogP contribution is -2.26. The van der Waals surface area contributed by atoms with Crippen LogP contribution in [0.5, 0.6) is 0 Å². The first-order valence-corrected chi connectivity index (χ1v) is 7.74. The molecule has 0 unspecified atom stereocenters. The summed E-state index contributed by atoms with van der Waals surface area (Å²) in [4.78, 5) is 0. The number of rotatable bonds is 6. The van der Waals surface area contributed by atoms with E-state index in [4.69, 9.17) is 0 Å². The van der Waals surface area contributed by atoms with Gasteiger partial charge in [0.2, 0.25) is 10.0 Å². The highest BCUT2D eigenvalue weighted by Crippen LogP contribution is 2.07. The minimum Gasteiger partial charge on any atom is -0.317 e. The molecule has 0 aliphatic rings. The lowest BCUT2D eigenvalue weighted by molar-refractivity contribution is 0.574. The number of hydrogen-bond acceptors (Lipinski definition) is 4. The van der Waals surface area contributed by atoms with Crippen LogP contribution in [0.3, 0.4) is 0 Å². The summed E-state index contributed by atoms with van der Waals surface area (Å²) in [7, 11) is -3.50. The lowest BCUT2D eigenvalue weighted by Gasteiger charge is -2.07. The molecule has 2 rings (SSSR count). The molecule has 2 aromatic rings. The van der Waals surface area contributed by atoms with Crippen LogP contribution in [0.1, 0.15) is 18.3 Å². The van der Waals surface area contributed by atoms with Crippen LogP contribution in [0, 0.1) is 5.82 Å². The fourth-order valence-electron chi connectivity index (χ4n) is 1.71. The summed E-state index contributed by atoms with van der Waals surface area (Å²) in [5, 5.41) is 7.57. The third-order valence-corrected chi connectivity index (χ3v) is 4.05. The average Bonchev–Trinajstić information content (AvgIpc) is 2.86. The van der Waals surface area contributed by atoms with Crippen molar-refractivity contribution in [1.82, 2.24) is 19.5 Å². The Bertz CT molecular complexity index is 667. The first-order chi connectivity index (χ1) is 9.50. The standard InChI is InChI=1S/C12H15FN4O2S/c1-2-17-9-14-16-12(17)7-15-20(18,19)8-10-3-5-11(13)6-4-10/h3-6,9,15H,2,7-8H2,1H3. The molecular formula is C12H15FN4O2S. The molecule has 0 aliphatic carbocycles. The maximum Gasteiger partial charge on any atom is 0.216 e. The molecule has 0 atom stereocenters. The molecule has 1 heterocycles. The van der Waals surface area contributed by atoms with Gasteiger partial charge in [-0.25, -0.2) is 17.5 Å². The summed E-state index contributed by atoms with van der Waals surface area (Å²) in [6, 6.07) is 5.36. The van der Waals surface area contributed by atoms with Gasteiger partial charge >= 0.3 is 0 Å². The Kier molecular flexibility index (Phi) is 4.46. The number of nitrogens with one attached hydrogen (secondary N) is 1. The van der Waals surface area contributed by atoms with Crippen molar-refractivity contribution in [2.75, 3.05) is 0 Å². The van der Waals surface area contributed by atoms with Crippen molar-refractivity contribution < 1.29 is 12.8 Å². The predicted octanol–water partition coefficient (Wildman–Crippen LogP) is 1.06. The molecule has 6 nitrogen and oxygen atoms in total. The number of aromatic nitrogens is 3. The molecule has 8 heteroatoms. The largest absolute Gasteiger partial charge is 0.317 e. The molecule has 108 valence electrons. The number of halogens is 1. The monoisotopic (exact) mass is 298 g/mol. The number of aryl methyl sites for hydroxylation is 1. The number of nitrogens with zero attached hydrogens (tertiary/aromatic N) is 3. The van der Waals surface area contributed by atoms with Crippen molar-refractivity contribution in [3.8, 4) is 0 Å². The molecule has 0 saturated heterocycles. The highest BCUT2D eigenvalue weighted by Gasteiger charge is 2.13. The smallest absolute Gasteiger partial charge is 0.216 e. The summed E-state index contributed by atoms with van der Waals surface area (Å²) in [6.07, 6.45) is 1.55. The molecule has 0 amide bonds. The molecule has 0 saturated carbocycles. The van der Waals surface area contributed by atoms with E-state index in [2.05, 4.69) is 14.9 Å². The minimum atomic E-state index is -3.50. The van der Waals surface area contributed by atoms with E-state index in [9.17, 15) is 12.8 Å². The molecule has 0 bridgehead atoms. The van der Waals surface area contributed by atoms with Gasteiger partial charge in [-0.1, -0.05) is 12.1 Å². The molecule has 0 spiro atoms. The van der Waals surface area contributed by atoms with E-state index in [1.807, 2.05) is 6.92 Å². The van der Waals surface area contributed by atoms with Gasteiger partial charge in [0, 0.05) is 6.54 Å². The van der Waals surface area contributed by atoms with E-state index in [1.165, 1.54) is 24.3 Å². The zero-order valence-corrected chi connectivity index (χ0v) is 11.8. The highest BCUT2D eigenvalue weighted by atomic mass is 32.2. The van der Waals surface area contributed by atoms with Gasteiger partial charge in [-0.3, -0.25) is 0 Å². The molecule has 1 N–H and O–H groups in total. The van der Waals surface area contributed by atoms with Crippen LogP contribution < -0.4 is 4.72 Å². The first kappa shape index (κ1) is 14.6. The highest BCUT2D eigenvalue weighted by molar-refractivity contribution is 7.88.